The van der Waals surface area contributed by atoms with Crippen LogP contribution >= 0.6 is 0 Å². The second-order valence-corrected chi connectivity index (χ2v) is 9.03. The van der Waals surface area contributed by atoms with Gasteiger partial charge in [0.1, 0.15) is 28.8 Å². The first kappa shape index (κ1) is 28.6. The second-order valence-electron chi connectivity index (χ2n) is 9.03. The smallest absolute Gasteiger partial charge is 0.340 e. The van der Waals surface area contributed by atoms with Crippen LogP contribution in [-0.4, -0.2) is 48.3 Å². The number of benzene rings is 2. The van der Waals surface area contributed by atoms with Crippen molar-refractivity contribution in [1.29, 1.82) is 0 Å². The van der Waals surface area contributed by atoms with E-state index in [2.05, 4.69) is 4.99 Å². The van der Waals surface area contributed by atoms with Gasteiger partial charge in [0.25, 0.3) is 5.91 Å². The molecule has 3 rings (SSSR count). The number of Topliss-reactive ketones (excluding diaryl/α,β-unsaturated/α-hetero) is 1. The van der Waals surface area contributed by atoms with E-state index >= 15 is 0 Å². The van der Waals surface area contributed by atoms with Gasteiger partial charge >= 0.3 is 5.97 Å². The monoisotopic (exact) mass is 510 g/mol. The molecule has 2 aromatic rings. The van der Waals surface area contributed by atoms with E-state index in [9.17, 15) is 31.9 Å². The predicted molar refractivity (Wildman–Crippen MR) is 122 cm³/mol. The molecule has 0 aliphatic carbocycles. The highest BCUT2D eigenvalue weighted by molar-refractivity contribution is 6.07. The highest BCUT2D eigenvalue weighted by Crippen LogP contribution is 2.27. The molecule has 194 valence electrons. The van der Waals surface area contributed by atoms with Crippen molar-refractivity contribution in [1.82, 2.24) is 5.06 Å². The van der Waals surface area contributed by atoms with E-state index in [-0.39, 0.29) is 12.3 Å². The fourth-order valence-electron chi connectivity index (χ4n) is 3.18. The molecule has 1 heterocycles. The Morgan fingerprint density at radius 2 is 1.47 bits per heavy atom. The molecule has 0 spiro atoms. The number of rotatable bonds is 6. The summed E-state index contributed by atoms with van der Waals surface area (Å²) in [6.45, 7) is 6.06. The fraction of sp³-hybridized carbons (Fsp3) is 0.360. The van der Waals surface area contributed by atoms with Gasteiger partial charge in [-0.3, -0.25) is 14.4 Å². The van der Waals surface area contributed by atoms with Crippen molar-refractivity contribution in [2.45, 2.75) is 39.7 Å². The number of halogens is 4. The van der Waals surface area contributed by atoms with E-state index in [1.807, 2.05) is 0 Å². The molecule has 0 radical (unpaired) electrons. The molecule has 0 saturated carbocycles. The zero-order valence-electron chi connectivity index (χ0n) is 20.6. The molecule has 2 aromatic carbocycles. The summed E-state index contributed by atoms with van der Waals surface area (Å²) in [5.41, 5.74) is -3.24. The minimum atomic E-state index is -1.13. The van der Waals surface area contributed by atoms with Gasteiger partial charge in [-0.05, 0) is 38.1 Å². The first-order valence-corrected chi connectivity index (χ1v) is 10.7. The lowest BCUT2D eigenvalue weighted by atomic mass is 9.84. The Morgan fingerprint density at radius 3 is 1.89 bits per heavy atom. The van der Waals surface area contributed by atoms with Crippen LogP contribution in [0.5, 0.6) is 0 Å². The van der Waals surface area contributed by atoms with Crippen LogP contribution in [0.15, 0.2) is 41.4 Å². The molecule has 1 amide bonds. The second kappa shape index (κ2) is 11.0. The number of ether oxygens (including phenoxy) is 1. The molecule has 0 bridgehead atoms. The lowest BCUT2D eigenvalue weighted by molar-refractivity contribution is -0.178. The highest BCUT2D eigenvalue weighted by atomic mass is 19.1. The predicted octanol–water partition coefficient (Wildman–Crippen LogP) is 4.63. The van der Waals surface area contributed by atoms with Crippen molar-refractivity contribution in [2.24, 2.45) is 10.4 Å². The number of nitrogens with zero attached hydrogens (tertiary/aromatic N) is 2. The maximum Gasteiger partial charge on any atom is 0.340 e. The van der Waals surface area contributed by atoms with Crippen molar-refractivity contribution in [3.05, 3.63) is 70.8 Å². The number of hydroxylamine groups is 2. The van der Waals surface area contributed by atoms with Crippen LogP contribution in [0.4, 0.5) is 17.6 Å². The Labute approximate surface area is 205 Å². The third-order valence-electron chi connectivity index (χ3n) is 5.23. The number of hydrogen-bond donors (Lipinski definition) is 0. The molecule has 0 N–H and O–H groups in total. The van der Waals surface area contributed by atoms with Crippen LogP contribution in [0.1, 0.15) is 50.0 Å². The molecular formula is C25H26F4N2O5. The molecule has 36 heavy (non-hydrogen) atoms. The normalized spacial score (nSPS) is 14.4. The Hall–Kier alpha value is -3.60. The summed E-state index contributed by atoms with van der Waals surface area (Å²) in [6.07, 6.45) is -0.322. The minimum absolute atomic E-state index is 0.300. The molecule has 7 nitrogen and oxygen atoms in total. The number of ketones is 1. The Balaban J connectivity index is 0.000000259. The van der Waals surface area contributed by atoms with Gasteiger partial charge < -0.3 is 4.74 Å². The number of aliphatic imine (C=N–C) groups is 1. The zero-order valence-corrected chi connectivity index (χ0v) is 20.6. The van der Waals surface area contributed by atoms with E-state index in [1.54, 1.807) is 0 Å². The van der Waals surface area contributed by atoms with Gasteiger partial charge in [0, 0.05) is 13.5 Å². The standard InChI is InChI=1S/C14H17F2NO3.C11H9F2NO2/c1-14(2,13(19)17(3)20-4)8-11(18)12-9(15)6-5-7-10(12)16;1-11(2)10(15)16-9(14-11)8-6(12)4-3-5-7(8)13/h5-7H,8H2,1-4H3;3-5H,1-2H3. The van der Waals surface area contributed by atoms with Gasteiger partial charge in [0.2, 0.25) is 5.90 Å². The van der Waals surface area contributed by atoms with Crippen LogP contribution in [0.25, 0.3) is 0 Å². The van der Waals surface area contributed by atoms with E-state index in [0.29, 0.717) is 0 Å². The molecule has 0 aromatic heterocycles. The van der Waals surface area contributed by atoms with E-state index < -0.39 is 63.0 Å². The number of cyclic esters (lactones) is 1. The van der Waals surface area contributed by atoms with Crippen LogP contribution in [0.2, 0.25) is 0 Å². The zero-order chi connectivity index (χ0) is 27.4. The summed E-state index contributed by atoms with van der Waals surface area (Å²) >= 11 is 0. The highest BCUT2D eigenvalue weighted by Gasteiger charge is 2.39. The topological polar surface area (TPSA) is 85.3 Å². The average Bonchev–Trinajstić information content (AvgIpc) is 3.04. The third kappa shape index (κ3) is 6.34. The Morgan fingerprint density at radius 1 is 1.00 bits per heavy atom. The largest absolute Gasteiger partial charge is 0.405 e. The van der Waals surface area contributed by atoms with Crippen molar-refractivity contribution in [3.8, 4) is 0 Å². The summed E-state index contributed by atoms with van der Waals surface area (Å²) in [5, 5.41) is 0.977. The average molecular weight is 510 g/mol. The van der Waals surface area contributed by atoms with Crippen LogP contribution in [0, 0.1) is 28.7 Å². The van der Waals surface area contributed by atoms with Gasteiger partial charge in [-0.25, -0.2) is 32.4 Å². The summed E-state index contributed by atoms with van der Waals surface area (Å²) in [7, 11) is 2.71. The molecule has 0 saturated heterocycles. The van der Waals surface area contributed by atoms with Gasteiger partial charge in [0.15, 0.2) is 11.3 Å². The Bertz CT molecular complexity index is 1170. The van der Waals surface area contributed by atoms with Gasteiger partial charge in [0.05, 0.1) is 18.1 Å². The quantitative estimate of drug-likeness (QED) is 0.245. The number of carbonyl (C=O) groups excluding carboxylic acids is 3. The molecule has 0 unspecified atom stereocenters. The minimum Gasteiger partial charge on any atom is -0.405 e. The lowest BCUT2D eigenvalue weighted by Gasteiger charge is -2.27. The van der Waals surface area contributed by atoms with Crippen LogP contribution in [-0.2, 0) is 19.2 Å². The van der Waals surface area contributed by atoms with Gasteiger partial charge in [-0.2, -0.15) is 0 Å². The third-order valence-corrected chi connectivity index (χ3v) is 5.23. The van der Waals surface area contributed by atoms with Gasteiger partial charge in [-0.1, -0.05) is 26.0 Å². The summed E-state index contributed by atoms with van der Waals surface area (Å²) in [5.74, 6) is -5.60. The first-order chi connectivity index (χ1) is 16.6. The lowest BCUT2D eigenvalue weighted by Crippen LogP contribution is -2.39. The summed E-state index contributed by atoms with van der Waals surface area (Å²) in [4.78, 5) is 44.0. The van der Waals surface area contributed by atoms with E-state index in [1.165, 1.54) is 54.0 Å². The van der Waals surface area contributed by atoms with Crippen molar-refractivity contribution < 1.29 is 41.5 Å². The van der Waals surface area contributed by atoms with Gasteiger partial charge in [-0.15, -0.1) is 0 Å². The maximum absolute atomic E-state index is 13.5. The van der Waals surface area contributed by atoms with Crippen LogP contribution in [0.3, 0.4) is 0 Å². The maximum atomic E-state index is 13.5. The van der Waals surface area contributed by atoms with Crippen molar-refractivity contribution in [3.63, 3.8) is 0 Å². The van der Waals surface area contributed by atoms with Crippen molar-refractivity contribution in [2.75, 3.05) is 14.2 Å². The number of amides is 1. The fourth-order valence-corrected chi connectivity index (χ4v) is 3.18. The molecule has 0 atom stereocenters. The molecule has 0 fully saturated rings. The number of carbonyl (C=O) groups is 3. The molecular weight excluding hydrogens is 484 g/mol. The molecule has 1 aliphatic rings. The molecule has 1 aliphatic heterocycles. The SMILES string of the molecule is CC1(C)N=C(c2c(F)cccc2F)OC1=O.CON(C)C(=O)C(C)(C)CC(=O)c1c(F)cccc1F. The van der Waals surface area contributed by atoms with E-state index in [0.717, 1.165) is 29.3 Å². The first-order valence-electron chi connectivity index (χ1n) is 10.7. The van der Waals surface area contributed by atoms with Crippen LogP contribution < -0.4 is 0 Å². The molecule has 11 heteroatoms. The van der Waals surface area contributed by atoms with Crippen molar-refractivity contribution >= 4 is 23.6 Å². The summed E-state index contributed by atoms with van der Waals surface area (Å²) < 4.78 is 58.5. The Kier molecular flexibility index (Phi) is 8.74. The summed E-state index contributed by atoms with van der Waals surface area (Å²) in [6, 6.07) is 6.59. The number of esters is 1. The van der Waals surface area contributed by atoms with E-state index in [4.69, 9.17) is 9.57 Å². The number of hydrogen-bond acceptors (Lipinski definition) is 6.